The monoisotopic (exact) mass is 195 g/mol. The van der Waals surface area contributed by atoms with Crippen molar-refractivity contribution in [2.75, 3.05) is 13.2 Å². The highest BCUT2D eigenvalue weighted by atomic mass is 19.1. The van der Waals surface area contributed by atoms with Gasteiger partial charge in [0.1, 0.15) is 6.61 Å². The summed E-state index contributed by atoms with van der Waals surface area (Å²) in [5, 5.41) is 3.20. The molecule has 1 heterocycles. The maximum Gasteiger partial charge on any atom is 0.165 e. The number of hydrogen-bond acceptors (Lipinski definition) is 2. The van der Waals surface area contributed by atoms with E-state index in [4.69, 9.17) is 4.74 Å². The molecule has 1 N–H and O–H groups in total. The van der Waals surface area contributed by atoms with Crippen molar-refractivity contribution in [3.63, 3.8) is 0 Å². The first kappa shape index (κ1) is 9.46. The van der Waals surface area contributed by atoms with Gasteiger partial charge in [-0.05, 0) is 37.6 Å². The molecule has 0 spiro atoms. The van der Waals surface area contributed by atoms with Crippen molar-refractivity contribution in [3.05, 3.63) is 29.6 Å². The van der Waals surface area contributed by atoms with Crippen LogP contribution >= 0.6 is 0 Å². The standard InChI is InChI=1S/C11H14FNO/c1-8-2-3-11(10(12)6-8)14-7-9-4-5-13-9/h2-3,6,9,13H,4-5,7H2,1H3. The van der Waals surface area contributed by atoms with Gasteiger partial charge in [-0.25, -0.2) is 4.39 Å². The quantitative estimate of drug-likeness (QED) is 0.795. The molecule has 2 nitrogen and oxygen atoms in total. The number of rotatable bonds is 3. The normalized spacial score (nSPS) is 20.3. The average Bonchev–Trinajstić information content (AvgIpc) is 2.05. The molecule has 1 saturated heterocycles. The molecule has 3 heteroatoms. The lowest BCUT2D eigenvalue weighted by Gasteiger charge is -2.27. The molecule has 2 rings (SSSR count). The summed E-state index contributed by atoms with van der Waals surface area (Å²) in [4.78, 5) is 0. The van der Waals surface area contributed by atoms with Gasteiger partial charge in [0.05, 0.1) is 0 Å². The Morgan fingerprint density at radius 1 is 1.57 bits per heavy atom. The van der Waals surface area contributed by atoms with E-state index in [1.54, 1.807) is 6.07 Å². The average molecular weight is 195 g/mol. The fourth-order valence-electron chi connectivity index (χ4n) is 1.40. The first-order valence-electron chi connectivity index (χ1n) is 4.88. The topological polar surface area (TPSA) is 21.3 Å². The van der Waals surface area contributed by atoms with Gasteiger partial charge in [0, 0.05) is 6.04 Å². The van der Waals surface area contributed by atoms with Gasteiger partial charge in [0.2, 0.25) is 0 Å². The van der Waals surface area contributed by atoms with E-state index in [9.17, 15) is 4.39 Å². The number of ether oxygens (including phenoxy) is 1. The molecule has 0 radical (unpaired) electrons. The molecule has 14 heavy (non-hydrogen) atoms. The summed E-state index contributed by atoms with van der Waals surface area (Å²) < 4.78 is 18.6. The van der Waals surface area contributed by atoms with Crippen molar-refractivity contribution in [2.45, 2.75) is 19.4 Å². The van der Waals surface area contributed by atoms with Crippen LogP contribution < -0.4 is 10.1 Å². The SMILES string of the molecule is Cc1ccc(OCC2CCN2)c(F)c1. The molecule has 1 aromatic rings. The summed E-state index contributed by atoms with van der Waals surface area (Å²) in [6.07, 6.45) is 1.12. The Hall–Kier alpha value is -1.09. The van der Waals surface area contributed by atoms with Crippen LogP contribution in [0, 0.1) is 12.7 Å². The lowest BCUT2D eigenvalue weighted by molar-refractivity contribution is 0.210. The molecule has 1 fully saturated rings. The molecule has 1 aromatic carbocycles. The van der Waals surface area contributed by atoms with Gasteiger partial charge in [-0.3, -0.25) is 0 Å². The maximum absolute atomic E-state index is 13.3. The molecule has 0 bridgehead atoms. The molecule has 0 aromatic heterocycles. The summed E-state index contributed by atoms with van der Waals surface area (Å²) in [6, 6.07) is 5.43. The van der Waals surface area contributed by atoms with Crippen LogP contribution in [0.25, 0.3) is 0 Å². The van der Waals surface area contributed by atoms with Crippen molar-refractivity contribution < 1.29 is 9.13 Å². The largest absolute Gasteiger partial charge is 0.489 e. The molecular weight excluding hydrogens is 181 g/mol. The third-order valence-electron chi connectivity index (χ3n) is 2.45. The minimum atomic E-state index is -0.274. The predicted molar refractivity (Wildman–Crippen MR) is 53.0 cm³/mol. The van der Waals surface area contributed by atoms with Crippen molar-refractivity contribution in [1.29, 1.82) is 0 Å². The van der Waals surface area contributed by atoms with E-state index in [1.807, 2.05) is 13.0 Å². The molecular formula is C11H14FNO. The Bertz CT molecular complexity index is 323. The minimum absolute atomic E-state index is 0.274. The van der Waals surface area contributed by atoms with E-state index in [-0.39, 0.29) is 5.82 Å². The summed E-state index contributed by atoms with van der Waals surface area (Å²) in [6.45, 7) is 3.46. The van der Waals surface area contributed by atoms with E-state index in [1.165, 1.54) is 6.07 Å². The number of hydrogen-bond donors (Lipinski definition) is 1. The molecule has 1 aliphatic rings. The van der Waals surface area contributed by atoms with Gasteiger partial charge in [0.25, 0.3) is 0 Å². The lowest BCUT2D eigenvalue weighted by Crippen LogP contribution is -2.46. The molecule has 0 aliphatic carbocycles. The van der Waals surface area contributed by atoms with Gasteiger partial charge in [-0.1, -0.05) is 6.07 Å². The third-order valence-corrected chi connectivity index (χ3v) is 2.45. The third kappa shape index (κ3) is 2.04. The van der Waals surface area contributed by atoms with E-state index in [0.717, 1.165) is 18.5 Å². The summed E-state index contributed by atoms with van der Waals surface area (Å²) in [5.74, 6) is 0.0774. The highest BCUT2D eigenvalue weighted by molar-refractivity contribution is 5.28. The maximum atomic E-state index is 13.3. The van der Waals surface area contributed by atoms with Gasteiger partial charge in [-0.2, -0.15) is 0 Å². The Kier molecular flexibility index (Phi) is 2.68. The van der Waals surface area contributed by atoms with Gasteiger partial charge in [0.15, 0.2) is 11.6 Å². The van der Waals surface area contributed by atoms with E-state index >= 15 is 0 Å². The highest BCUT2D eigenvalue weighted by Gasteiger charge is 2.17. The van der Waals surface area contributed by atoms with Gasteiger partial charge in [-0.15, -0.1) is 0 Å². The second kappa shape index (κ2) is 3.96. The van der Waals surface area contributed by atoms with Crippen molar-refractivity contribution in [1.82, 2.24) is 5.32 Å². The number of aryl methyl sites for hydroxylation is 1. The second-order valence-electron chi connectivity index (χ2n) is 3.68. The molecule has 1 aliphatic heterocycles. The van der Waals surface area contributed by atoms with Crippen LogP contribution in [0.15, 0.2) is 18.2 Å². The zero-order chi connectivity index (χ0) is 9.97. The number of benzene rings is 1. The Morgan fingerprint density at radius 2 is 2.36 bits per heavy atom. The smallest absolute Gasteiger partial charge is 0.165 e. The summed E-state index contributed by atoms with van der Waals surface area (Å²) in [7, 11) is 0. The molecule has 1 unspecified atom stereocenters. The zero-order valence-corrected chi connectivity index (χ0v) is 8.22. The predicted octanol–water partition coefficient (Wildman–Crippen LogP) is 1.87. The lowest BCUT2D eigenvalue weighted by atomic mass is 10.1. The fourth-order valence-corrected chi connectivity index (χ4v) is 1.40. The number of halogens is 1. The Morgan fingerprint density at radius 3 is 2.93 bits per heavy atom. The second-order valence-corrected chi connectivity index (χ2v) is 3.68. The summed E-state index contributed by atoms with van der Waals surface area (Å²) in [5.41, 5.74) is 0.914. The van der Waals surface area contributed by atoms with Crippen LogP contribution in [0.3, 0.4) is 0 Å². The Labute approximate surface area is 83.1 Å². The minimum Gasteiger partial charge on any atom is -0.489 e. The van der Waals surface area contributed by atoms with Crippen LogP contribution in [-0.4, -0.2) is 19.2 Å². The van der Waals surface area contributed by atoms with Crippen LogP contribution in [-0.2, 0) is 0 Å². The van der Waals surface area contributed by atoms with E-state index in [0.29, 0.717) is 18.4 Å². The molecule has 0 saturated carbocycles. The molecule has 1 atom stereocenters. The van der Waals surface area contributed by atoms with Crippen molar-refractivity contribution >= 4 is 0 Å². The molecule has 76 valence electrons. The summed E-state index contributed by atoms with van der Waals surface area (Å²) >= 11 is 0. The van der Waals surface area contributed by atoms with Crippen molar-refractivity contribution in [2.24, 2.45) is 0 Å². The van der Waals surface area contributed by atoms with Gasteiger partial charge >= 0.3 is 0 Å². The van der Waals surface area contributed by atoms with Crippen LogP contribution in [0.4, 0.5) is 4.39 Å². The van der Waals surface area contributed by atoms with Crippen LogP contribution in [0.2, 0.25) is 0 Å². The highest BCUT2D eigenvalue weighted by Crippen LogP contribution is 2.18. The fraction of sp³-hybridized carbons (Fsp3) is 0.455. The molecule has 0 amide bonds. The van der Waals surface area contributed by atoms with Crippen LogP contribution in [0.1, 0.15) is 12.0 Å². The number of nitrogens with one attached hydrogen (secondary N) is 1. The Balaban J connectivity index is 1.94. The van der Waals surface area contributed by atoms with Gasteiger partial charge < -0.3 is 10.1 Å². The first-order chi connectivity index (χ1) is 6.75. The first-order valence-corrected chi connectivity index (χ1v) is 4.88. The van der Waals surface area contributed by atoms with Crippen molar-refractivity contribution in [3.8, 4) is 5.75 Å². The van der Waals surface area contributed by atoms with E-state index < -0.39 is 0 Å². The zero-order valence-electron chi connectivity index (χ0n) is 8.22. The van der Waals surface area contributed by atoms with Crippen LogP contribution in [0.5, 0.6) is 5.75 Å². The van der Waals surface area contributed by atoms with E-state index in [2.05, 4.69) is 5.32 Å².